The van der Waals surface area contributed by atoms with E-state index in [4.69, 9.17) is 9.72 Å². The van der Waals surface area contributed by atoms with Gasteiger partial charge in [0.25, 0.3) is 11.8 Å². The van der Waals surface area contributed by atoms with Crippen molar-refractivity contribution in [3.05, 3.63) is 47.7 Å². The lowest BCUT2D eigenvalue weighted by Gasteiger charge is -2.37. The molecule has 1 aliphatic carbocycles. The molecule has 1 aromatic heterocycles. The number of amides is 3. The first-order valence-electron chi connectivity index (χ1n) is 17.4. The molecule has 2 aromatic rings. The molecule has 2 fully saturated rings. The van der Waals surface area contributed by atoms with Gasteiger partial charge in [0.15, 0.2) is 6.10 Å². The Balaban J connectivity index is 1.51. The van der Waals surface area contributed by atoms with Gasteiger partial charge in [0.05, 0.1) is 22.7 Å². The topological polar surface area (TPSA) is 147 Å². The van der Waals surface area contributed by atoms with Crippen molar-refractivity contribution in [1.82, 2.24) is 26.1 Å². The van der Waals surface area contributed by atoms with Crippen molar-refractivity contribution in [3.63, 3.8) is 0 Å². The minimum absolute atomic E-state index is 0.194. The number of nitrogens with zero attached hydrogens (tertiary/aromatic N) is 2. The van der Waals surface area contributed by atoms with Crippen LogP contribution in [0.4, 0.5) is 0 Å². The van der Waals surface area contributed by atoms with Gasteiger partial charge in [0.1, 0.15) is 17.9 Å². The highest BCUT2D eigenvalue weighted by atomic mass is 16.5. The molecule has 1 saturated carbocycles. The second kappa shape index (κ2) is 15.0. The zero-order valence-electron chi connectivity index (χ0n) is 28.7. The summed E-state index contributed by atoms with van der Waals surface area (Å²) in [4.78, 5) is 71.6. The van der Waals surface area contributed by atoms with E-state index in [1.165, 1.54) is 5.01 Å². The van der Waals surface area contributed by atoms with Gasteiger partial charge in [0, 0.05) is 24.8 Å². The average Bonchev–Trinajstić information content (AvgIpc) is 3.08. The number of Topliss-reactive ketones (excluding diaryl/α,β-unsaturated/α-hetero) is 1. The summed E-state index contributed by atoms with van der Waals surface area (Å²) in [5.74, 6) is -1.62. The highest BCUT2D eigenvalue weighted by Crippen LogP contribution is 2.43. The van der Waals surface area contributed by atoms with Crippen LogP contribution in [0.5, 0.6) is 0 Å². The monoisotopic (exact) mass is 659 g/mol. The maximum atomic E-state index is 14.2. The molecule has 3 heterocycles. The summed E-state index contributed by atoms with van der Waals surface area (Å²) in [6.07, 6.45) is 7.17. The second-order valence-corrected chi connectivity index (χ2v) is 14.1. The Morgan fingerprint density at radius 1 is 1.00 bits per heavy atom. The SMILES string of the molecule is CCC(=O)CC1CCC2(C=Cc3ccc4ccc(nc4c3)[C@@H](C)NC(=O)[C@@H]3CCCN(N3)C(=O)[C@H](C)NC(=O)[C@H](C(C)C)OC2=O)CC1. The van der Waals surface area contributed by atoms with Crippen LogP contribution in [-0.2, 0) is 28.7 Å². The summed E-state index contributed by atoms with van der Waals surface area (Å²) in [5.41, 5.74) is 4.35. The molecule has 48 heavy (non-hydrogen) atoms. The van der Waals surface area contributed by atoms with Gasteiger partial charge >= 0.3 is 5.97 Å². The molecule has 3 amide bonds. The van der Waals surface area contributed by atoms with E-state index in [0.717, 1.165) is 16.5 Å². The molecule has 11 heteroatoms. The molecule has 258 valence electrons. The molecule has 3 N–H and O–H groups in total. The van der Waals surface area contributed by atoms with Crippen molar-refractivity contribution in [2.75, 3.05) is 6.54 Å². The number of benzene rings is 1. The summed E-state index contributed by atoms with van der Waals surface area (Å²) in [6.45, 7) is 9.31. The lowest BCUT2D eigenvalue weighted by atomic mass is 9.69. The Morgan fingerprint density at radius 3 is 2.42 bits per heavy atom. The minimum Gasteiger partial charge on any atom is -0.451 e. The van der Waals surface area contributed by atoms with Crippen LogP contribution in [-0.4, -0.2) is 64.2 Å². The quantitative estimate of drug-likeness (QED) is 0.405. The van der Waals surface area contributed by atoms with Crippen molar-refractivity contribution in [1.29, 1.82) is 0 Å². The van der Waals surface area contributed by atoms with Crippen LogP contribution in [0.15, 0.2) is 36.4 Å². The van der Waals surface area contributed by atoms with Crippen LogP contribution in [0.1, 0.15) is 103 Å². The number of carbonyl (C=O) groups excluding carboxylic acids is 5. The van der Waals surface area contributed by atoms with E-state index >= 15 is 0 Å². The van der Waals surface area contributed by atoms with E-state index < -0.39 is 35.5 Å². The zero-order valence-corrected chi connectivity index (χ0v) is 28.7. The van der Waals surface area contributed by atoms with Gasteiger partial charge in [-0.15, -0.1) is 0 Å². The number of esters is 1. The number of carbonyl (C=O) groups is 5. The number of hydrogen-bond donors (Lipinski definition) is 3. The van der Waals surface area contributed by atoms with E-state index in [2.05, 4.69) is 16.1 Å². The first kappa shape index (κ1) is 35.2. The van der Waals surface area contributed by atoms with Gasteiger partial charge in [-0.1, -0.05) is 51.1 Å². The third-order valence-electron chi connectivity index (χ3n) is 10.0. The van der Waals surface area contributed by atoms with E-state index in [-0.39, 0.29) is 35.5 Å². The molecular formula is C37H49N5O6. The van der Waals surface area contributed by atoms with Crippen molar-refractivity contribution in [3.8, 4) is 0 Å². The summed E-state index contributed by atoms with van der Waals surface area (Å²) in [5, 5.41) is 8.12. The van der Waals surface area contributed by atoms with E-state index in [9.17, 15) is 24.0 Å². The largest absolute Gasteiger partial charge is 0.451 e. The zero-order chi connectivity index (χ0) is 34.6. The van der Waals surface area contributed by atoms with Crippen molar-refractivity contribution < 1.29 is 28.7 Å². The van der Waals surface area contributed by atoms with E-state index in [1.807, 2.05) is 56.3 Å². The van der Waals surface area contributed by atoms with Crippen molar-refractivity contribution in [2.45, 2.75) is 110 Å². The fraction of sp³-hybridized carbons (Fsp3) is 0.568. The average molecular weight is 660 g/mol. The van der Waals surface area contributed by atoms with Crippen LogP contribution < -0.4 is 16.1 Å². The fourth-order valence-electron chi connectivity index (χ4n) is 6.89. The van der Waals surface area contributed by atoms with Gasteiger partial charge in [-0.05, 0) is 81.9 Å². The maximum Gasteiger partial charge on any atom is 0.316 e. The number of rotatable bonds is 4. The molecule has 3 aliphatic rings. The number of hydrogen-bond acceptors (Lipinski definition) is 8. The van der Waals surface area contributed by atoms with Gasteiger partial charge in [-0.2, -0.15) is 0 Å². The van der Waals surface area contributed by atoms with Gasteiger partial charge < -0.3 is 15.4 Å². The molecule has 5 bridgehead atoms. The van der Waals surface area contributed by atoms with Crippen LogP contribution in [0.25, 0.3) is 17.0 Å². The van der Waals surface area contributed by atoms with Crippen molar-refractivity contribution in [2.24, 2.45) is 17.3 Å². The lowest BCUT2D eigenvalue weighted by molar-refractivity contribution is -0.168. The highest BCUT2D eigenvalue weighted by Gasteiger charge is 2.44. The first-order valence-corrected chi connectivity index (χ1v) is 17.4. The van der Waals surface area contributed by atoms with Crippen LogP contribution in [0, 0.1) is 17.3 Å². The Labute approximate surface area is 282 Å². The van der Waals surface area contributed by atoms with Gasteiger partial charge in [-0.3, -0.25) is 34.0 Å². The van der Waals surface area contributed by atoms with Crippen LogP contribution >= 0.6 is 0 Å². The second-order valence-electron chi connectivity index (χ2n) is 14.1. The van der Waals surface area contributed by atoms with Gasteiger partial charge in [-0.25, -0.2) is 5.43 Å². The molecule has 1 saturated heterocycles. The van der Waals surface area contributed by atoms with Gasteiger partial charge in [0.2, 0.25) is 5.91 Å². The predicted molar refractivity (Wildman–Crippen MR) is 182 cm³/mol. The Morgan fingerprint density at radius 2 is 1.71 bits per heavy atom. The van der Waals surface area contributed by atoms with E-state index in [0.29, 0.717) is 63.6 Å². The fourth-order valence-corrected chi connectivity index (χ4v) is 6.89. The summed E-state index contributed by atoms with van der Waals surface area (Å²) in [7, 11) is 0. The molecular weight excluding hydrogens is 610 g/mol. The van der Waals surface area contributed by atoms with Crippen LogP contribution in [0.3, 0.4) is 0 Å². The first-order chi connectivity index (χ1) is 22.9. The molecule has 0 unspecified atom stereocenters. The molecule has 1 spiro atoms. The number of cyclic esters (lactones) is 1. The Bertz CT molecular complexity index is 1580. The number of ether oxygens (including phenoxy) is 1. The lowest BCUT2D eigenvalue weighted by Crippen LogP contribution is -2.61. The Kier molecular flexibility index (Phi) is 11.0. The van der Waals surface area contributed by atoms with Crippen molar-refractivity contribution >= 4 is 46.5 Å². The number of hydrazine groups is 1. The molecule has 11 nitrogen and oxygen atoms in total. The number of fused-ring (bicyclic) bond motifs is 4. The maximum absolute atomic E-state index is 14.2. The summed E-state index contributed by atoms with van der Waals surface area (Å²) in [6, 6.07) is 7.81. The minimum atomic E-state index is -1.12. The molecule has 1 aromatic carbocycles. The third-order valence-corrected chi connectivity index (χ3v) is 10.0. The predicted octanol–water partition coefficient (Wildman–Crippen LogP) is 4.55. The molecule has 2 aliphatic heterocycles. The van der Waals surface area contributed by atoms with Crippen LogP contribution in [0.2, 0.25) is 0 Å². The number of pyridine rings is 1. The molecule has 5 rings (SSSR count). The smallest absolute Gasteiger partial charge is 0.316 e. The standard InChI is InChI=1S/C37H49N5O6/c1-6-28(43)20-26-14-17-37(18-15-26)16-13-25-9-10-27-11-12-29(40-31(27)21-25)23(4)38-33(44)30-8-7-19-42(41-30)35(46)24(5)39-34(45)32(22(2)3)48-36(37)47/h9-13,16,21-24,26,30,32,41H,6-8,14-15,17-20H2,1-5H3,(H,38,44)(H,39,45)/t23-,24+,26?,30+,32+,37?/m1/s1. The number of aromatic nitrogens is 1. The third kappa shape index (κ3) is 7.94. The number of ketones is 1. The Hall–Kier alpha value is -4.12. The summed E-state index contributed by atoms with van der Waals surface area (Å²) >= 11 is 0. The normalized spacial score (nSPS) is 29.1. The van der Waals surface area contributed by atoms with E-state index in [1.54, 1.807) is 20.8 Å². The molecule has 0 radical (unpaired) electrons. The molecule has 4 atom stereocenters. The summed E-state index contributed by atoms with van der Waals surface area (Å²) < 4.78 is 6.05. The number of nitrogens with one attached hydrogen (secondary N) is 3. The highest BCUT2D eigenvalue weighted by molar-refractivity contribution is 5.92.